The molecule has 2 amide bonds. The minimum atomic E-state index is -0.260. The largest absolute Gasteiger partial charge is 0.497 e. The lowest BCUT2D eigenvalue weighted by atomic mass is 10.0. The third-order valence-electron chi connectivity index (χ3n) is 5.45. The predicted molar refractivity (Wildman–Crippen MR) is 109 cm³/mol. The Labute approximate surface area is 165 Å². The van der Waals surface area contributed by atoms with Gasteiger partial charge in [0.05, 0.1) is 18.4 Å². The highest BCUT2D eigenvalue weighted by atomic mass is 16.5. The number of likely N-dealkylation sites (tertiary alicyclic amines) is 1. The molecule has 0 spiro atoms. The topological polar surface area (TPSA) is 49.9 Å². The van der Waals surface area contributed by atoms with Gasteiger partial charge in [-0.15, -0.1) is 0 Å². The van der Waals surface area contributed by atoms with E-state index in [0.717, 1.165) is 48.4 Å². The fourth-order valence-electron chi connectivity index (χ4n) is 4.05. The van der Waals surface area contributed by atoms with Crippen molar-refractivity contribution in [2.45, 2.75) is 26.7 Å². The van der Waals surface area contributed by atoms with Gasteiger partial charge in [0.2, 0.25) is 0 Å². The molecule has 0 aliphatic carbocycles. The molecule has 1 saturated heterocycles. The van der Waals surface area contributed by atoms with E-state index in [0.29, 0.717) is 17.0 Å². The van der Waals surface area contributed by atoms with Gasteiger partial charge in [0.15, 0.2) is 0 Å². The van der Waals surface area contributed by atoms with E-state index < -0.39 is 0 Å². The lowest BCUT2D eigenvalue weighted by Crippen LogP contribution is -2.35. The first-order valence-electron chi connectivity index (χ1n) is 9.61. The molecule has 0 bridgehead atoms. The van der Waals surface area contributed by atoms with Crippen LogP contribution in [0.25, 0.3) is 5.57 Å². The number of benzene rings is 2. The number of ether oxygens (including phenoxy) is 1. The van der Waals surface area contributed by atoms with Crippen LogP contribution in [-0.2, 0) is 9.59 Å². The van der Waals surface area contributed by atoms with E-state index in [2.05, 4.69) is 4.90 Å². The molecule has 2 aromatic rings. The highest BCUT2D eigenvalue weighted by molar-refractivity contribution is 6.45. The summed E-state index contributed by atoms with van der Waals surface area (Å²) < 4.78 is 5.24. The maximum atomic E-state index is 13.5. The van der Waals surface area contributed by atoms with Crippen molar-refractivity contribution >= 4 is 23.1 Å². The molecule has 5 heteroatoms. The quantitative estimate of drug-likeness (QED) is 0.764. The van der Waals surface area contributed by atoms with Crippen LogP contribution in [0.3, 0.4) is 0 Å². The Balaban J connectivity index is 1.83. The van der Waals surface area contributed by atoms with Gasteiger partial charge in [0.1, 0.15) is 11.4 Å². The molecule has 2 heterocycles. The Morgan fingerprint density at radius 2 is 1.57 bits per heavy atom. The molecule has 28 heavy (non-hydrogen) atoms. The van der Waals surface area contributed by atoms with Crippen LogP contribution >= 0.6 is 0 Å². The highest BCUT2D eigenvalue weighted by Crippen LogP contribution is 2.37. The second-order valence-electron chi connectivity index (χ2n) is 7.38. The first-order chi connectivity index (χ1) is 13.5. The molecule has 2 aliphatic rings. The zero-order valence-corrected chi connectivity index (χ0v) is 16.5. The maximum Gasteiger partial charge on any atom is 0.282 e. The minimum absolute atomic E-state index is 0.232. The fraction of sp³-hybridized carbons (Fsp3) is 0.304. The van der Waals surface area contributed by atoms with Gasteiger partial charge in [-0.25, -0.2) is 4.90 Å². The zero-order chi connectivity index (χ0) is 19.8. The van der Waals surface area contributed by atoms with E-state index in [-0.39, 0.29) is 11.8 Å². The lowest BCUT2D eigenvalue weighted by molar-refractivity contribution is -0.120. The number of carbonyl (C=O) groups is 2. The number of imide groups is 1. The molecular weight excluding hydrogens is 352 g/mol. The maximum absolute atomic E-state index is 13.5. The van der Waals surface area contributed by atoms with Gasteiger partial charge in [-0.2, -0.15) is 0 Å². The van der Waals surface area contributed by atoms with Crippen molar-refractivity contribution < 1.29 is 14.3 Å². The Kier molecular flexibility index (Phi) is 4.67. The minimum Gasteiger partial charge on any atom is -0.497 e. The van der Waals surface area contributed by atoms with E-state index in [1.807, 2.05) is 56.3 Å². The molecule has 4 rings (SSSR count). The van der Waals surface area contributed by atoms with Gasteiger partial charge >= 0.3 is 0 Å². The van der Waals surface area contributed by atoms with Crippen LogP contribution in [0.2, 0.25) is 0 Å². The third-order valence-corrected chi connectivity index (χ3v) is 5.45. The average molecular weight is 376 g/mol. The van der Waals surface area contributed by atoms with Crippen molar-refractivity contribution in [3.63, 3.8) is 0 Å². The van der Waals surface area contributed by atoms with Gasteiger partial charge in [0, 0.05) is 13.1 Å². The van der Waals surface area contributed by atoms with Gasteiger partial charge in [-0.3, -0.25) is 9.59 Å². The average Bonchev–Trinajstić information content (AvgIpc) is 3.29. The molecule has 5 nitrogen and oxygen atoms in total. The Morgan fingerprint density at radius 3 is 2.18 bits per heavy atom. The van der Waals surface area contributed by atoms with Crippen LogP contribution in [0.4, 0.5) is 5.69 Å². The van der Waals surface area contributed by atoms with E-state index >= 15 is 0 Å². The van der Waals surface area contributed by atoms with Crippen LogP contribution in [0.15, 0.2) is 48.2 Å². The summed E-state index contributed by atoms with van der Waals surface area (Å²) in [7, 11) is 1.61. The van der Waals surface area contributed by atoms with Gasteiger partial charge in [-0.05, 0) is 56.0 Å². The third kappa shape index (κ3) is 2.97. The van der Waals surface area contributed by atoms with Crippen LogP contribution < -0.4 is 9.64 Å². The van der Waals surface area contributed by atoms with E-state index in [1.165, 1.54) is 4.90 Å². The van der Waals surface area contributed by atoms with Crippen molar-refractivity contribution in [3.05, 3.63) is 64.9 Å². The number of amides is 2. The van der Waals surface area contributed by atoms with E-state index in [9.17, 15) is 9.59 Å². The smallest absolute Gasteiger partial charge is 0.282 e. The summed E-state index contributed by atoms with van der Waals surface area (Å²) >= 11 is 0. The molecule has 2 aliphatic heterocycles. The highest BCUT2D eigenvalue weighted by Gasteiger charge is 2.43. The van der Waals surface area contributed by atoms with Crippen LogP contribution in [-0.4, -0.2) is 36.9 Å². The Bertz CT molecular complexity index is 970. The number of hydrogen-bond donors (Lipinski definition) is 0. The van der Waals surface area contributed by atoms with Gasteiger partial charge in [-0.1, -0.05) is 29.8 Å². The molecular formula is C23H24N2O3. The SMILES string of the molecule is COc1ccc(C2=C(N3CCCC3)C(=O)N(c3ccc(C)cc3C)C2=O)cc1. The van der Waals surface area contributed by atoms with Gasteiger partial charge in [0.25, 0.3) is 11.8 Å². The number of rotatable bonds is 4. The second kappa shape index (κ2) is 7.15. The second-order valence-corrected chi connectivity index (χ2v) is 7.38. The van der Waals surface area contributed by atoms with E-state index in [4.69, 9.17) is 4.74 Å². The zero-order valence-electron chi connectivity index (χ0n) is 16.5. The summed E-state index contributed by atoms with van der Waals surface area (Å²) in [4.78, 5) is 30.3. The molecule has 0 atom stereocenters. The summed E-state index contributed by atoms with van der Waals surface area (Å²) in [6.45, 7) is 5.54. The molecule has 1 fully saturated rings. The molecule has 0 N–H and O–H groups in total. The standard InChI is InChI=1S/C23H24N2O3/c1-15-6-11-19(16(2)14-15)25-22(26)20(17-7-9-18(28-3)10-8-17)21(23(25)27)24-12-4-5-13-24/h6-11,14H,4-5,12-13H2,1-3H3. The van der Waals surface area contributed by atoms with Gasteiger partial charge < -0.3 is 9.64 Å². The van der Waals surface area contributed by atoms with Crippen molar-refractivity contribution in [1.82, 2.24) is 4.90 Å². The Morgan fingerprint density at radius 1 is 0.893 bits per heavy atom. The van der Waals surface area contributed by atoms with E-state index in [1.54, 1.807) is 7.11 Å². The summed E-state index contributed by atoms with van der Waals surface area (Å²) in [5.41, 5.74) is 4.41. The number of hydrogen-bond acceptors (Lipinski definition) is 4. The normalized spacial score (nSPS) is 17.1. The number of aryl methyl sites for hydroxylation is 2. The summed E-state index contributed by atoms with van der Waals surface area (Å²) in [5.74, 6) is 0.226. The fourth-order valence-corrected chi connectivity index (χ4v) is 4.05. The summed E-state index contributed by atoms with van der Waals surface area (Å²) in [6.07, 6.45) is 2.06. The number of carbonyl (C=O) groups excluding carboxylic acids is 2. The van der Waals surface area contributed by atoms with Crippen LogP contribution in [0, 0.1) is 13.8 Å². The molecule has 2 aromatic carbocycles. The molecule has 144 valence electrons. The lowest BCUT2D eigenvalue weighted by Gasteiger charge is -2.21. The first-order valence-corrected chi connectivity index (χ1v) is 9.61. The summed E-state index contributed by atoms with van der Waals surface area (Å²) in [6, 6.07) is 13.1. The number of anilines is 1. The predicted octanol–water partition coefficient (Wildman–Crippen LogP) is 3.69. The van der Waals surface area contributed by atoms with Crippen molar-refractivity contribution in [1.29, 1.82) is 0 Å². The van der Waals surface area contributed by atoms with Crippen LogP contribution in [0.5, 0.6) is 5.75 Å². The first kappa shape index (κ1) is 18.3. The van der Waals surface area contributed by atoms with Crippen molar-refractivity contribution in [2.75, 3.05) is 25.1 Å². The Hall–Kier alpha value is -3.08. The van der Waals surface area contributed by atoms with Crippen molar-refractivity contribution in [3.8, 4) is 5.75 Å². The van der Waals surface area contributed by atoms with Crippen molar-refractivity contribution in [2.24, 2.45) is 0 Å². The number of nitrogens with zero attached hydrogens (tertiary/aromatic N) is 2. The molecule has 0 unspecified atom stereocenters. The van der Waals surface area contributed by atoms with Crippen LogP contribution in [0.1, 0.15) is 29.5 Å². The number of methoxy groups -OCH3 is 1. The molecule has 0 radical (unpaired) electrons. The summed E-state index contributed by atoms with van der Waals surface area (Å²) in [5, 5.41) is 0. The molecule has 0 aromatic heterocycles. The monoisotopic (exact) mass is 376 g/mol. The molecule has 0 saturated carbocycles.